The molecule has 0 aromatic carbocycles. The summed E-state index contributed by atoms with van der Waals surface area (Å²) in [4.78, 5) is 19.1. The molecule has 0 spiro atoms. The van der Waals surface area contributed by atoms with Crippen molar-refractivity contribution in [1.82, 2.24) is 9.97 Å². The van der Waals surface area contributed by atoms with Gasteiger partial charge in [0.2, 0.25) is 5.82 Å². The van der Waals surface area contributed by atoms with Crippen molar-refractivity contribution in [3.05, 3.63) is 26.9 Å². The van der Waals surface area contributed by atoms with Crippen molar-refractivity contribution in [2.45, 2.75) is 0 Å². The molecule has 0 aliphatic carbocycles. The van der Waals surface area contributed by atoms with Crippen molar-refractivity contribution in [2.24, 2.45) is 5.11 Å². The zero-order valence-electron chi connectivity index (χ0n) is 6.99. The number of nitrogens with zero attached hydrogens (tertiary/aromatic N) is 6. The second kappa shape index (κ2) is 4.01. The van der Waals surface area contributed by atoms with E-state index >= 15 is 0 Å². The van der Waals surface area contributed by atoms with Gasteiger partial charge in [0.15, 0.2) is 0 Å². The number of nitro groups is 1. The summed E-state index contributed by atoms with van der Waals surface area (Å²) in [5, 5.41) is 13.6. The van der Waals surface area contributed by atoms with E-state index in [2.05, 4.69) is 24.7 Å². The van der Waals surface area contributed by atoms with Gasteiger partial charge in [-0.3, -0.25) is 10.1 Å². The normalized spacial score (nSPS) is 8.93. The molecule has 72 valence electrons. The third-order valence-corrected chi connectivity index (χ3v) is 1.28. The second-order valence-corrected chi connectivity index (χ2v) is 2.00. The molecule has 0 N–H and O–H groups in total. The maximum atomic E-state index is 10.5. The number of hydrogen-bond acceptors (Lipinski definition) is 6. The van der Waals surface area contributed by atoms with Crippen LogP contribution in [0.15, 0.2) is 11.4 Å². The molecule has 1 heterocycles. The van der Waals surface area contributed by atoms with E-state index in [1.807, 2.05) is 0 Å². The number of azide groups is 1. The summed E-state index contributed by atoms with van der Waals surface area (Å²) < 4.78 is 4.62. The molecular formula is C5H4N6O3. The predicted molar refractivity (Wildman–Crippen MR) is 44.0 cm³/mol. The van der Waals surface area contributed by atoms with Crippen LogP contribution in [0.5, 0.6) is 5.88 Å². The van der Waals surface area contributed by atoms with Gasteiger partial charge in [-0.2, -0.15) is 4.98 Å². The molecule has 1 rings (SSSR count). The maximum absolute atomic E-state index is 10.5. The highest BCUT2D eigenvalue weighted by Gasteiger charge is 2.22. The summed E-state index contributed by atoms with van der Waals surface area (Å²) in [6, 6.07) is 0. The summed E-state index contributed by atoms with van der Waals surface area (Å²) in [5.74, 6) is -0.614. The Bertz CT molecular complexity index is 412. The monoisotopic (exact) mass is 196 g/mol. The Labute approximate surface area is 77.1 Å². The zero-order valence-corrected chi connectivity index (χ0v) is 6.99. The van der Waals surface area contributed by atoms with E-state index < -0.39 is 10.6 Å². The first kappa shape index (κ1) is 9.68. The first-order valence-corrected chi connectivity index (χ1v) is 3.29. The van der Waals surface area contributed by atoms with Gasteiger partial charge in [0.1, 0.15) is 6.33 Å². The Morgan fingerprint density at radius 3 is 2.93 bits per heavy atom. The van der Waals surface area contributed by atoms with E-state index in [0.29, 0.717) is 0 Å². The van der Waals surface area contributed by atoms with Crippen molar-refractivity contribution in [1.29, 1.82) is 0 Å². The minimum absolute atomic E-state index is 0.243. The van der Waals surface area contributed by atoms with Crippen molar-refractivity contribution in [3.63, 3.8) is 0 Å². The maximum Gasteiger partial charge on any atom is 0.358 e. The molecular weight excluding hydrogens is 192 g/mol. The Morgan fingerprint density at radius 1 is 1.71 bits per heavy atom. The first-order valence-electron chi connectivity index (χ1n) is 3.29. The van der Waals surface area contributed by atoms with Crippen molar-refractivity contribution < 1.29 is 9.66 Å². The largest absolute Gasteiger partial charge is 0.476 e. The molecule has 0 saturated heterocycles. The Hall–Kier alpha value is -2.41. The van der Waals surface area contributed by atoms with Crippen molar-refractivity contribution in [2.75, 3.05) is 7.11 Å². The van der Waals surface area contributed by atoms with Gasteiger partial charge in [-0.15, -0.1) is 0 Å². The van der Waals surface area contributed by atoms with Gasteiger partial charge in [0, 0.05) is 4.91 Å². The molecule has 9 heteroatoms. The fraction of sp³-hybridized carbons (Fsp3) is 0.200. The van der Waals surface area contributed by atoms with Gasteiger partial charge in [-0.05, 0) is 10.6 Å². The fourth-order valence-corrected chi connectivity index (χ4v) is 0.779. The number of aromatic nitrogens is 2. The van der Waals surface area contributed by atoms with Gasteiger partial charge in [0.25, 0.3) is 5.88 Å². The lowest BCUT2D eigenvalue weighted by Gasteiger charge is -1.99. The van der Waals surface area contributed by atoms with E-state index in [4.69, 9.17) is 5.53 Å². The lowest BCUT2D eigenvalue weighted by Crippen LogP contribution is -1.97. The topological polar surface area (TPSA) is 127 Å². The molecule has 0 amide bonds. The first-order chi connectivity index (χ1) is 6.70. The van der Waals surface area contributed by atoms with Crippen LogP contribution in [0, 0.1) is 10.1 Å². The van der Waals surface area contributed by atoms with Gasteiger partial charge < -0.3 is 4.74 Å². The standard InChI is InChI=1S/C5H4N6O3/c1-14-5-3(11(12)13)4(9-10-6)7-2-8-5/h2H,1H3. The van der Waals surface area contributed by atoms with Crippen LogP contribution in [0.2, 0.25) is 0 Å². The molecule has 9 nitrogen and oxygen atoms in total. The molecule has 14 heavy (non-hydrogen) atoms. The number of hydrogen-bond donors (Lipinski definition) is 0. The van der Waals surface area contributed by atoms with Crippen LogP contribution in [0.3, 0.4) is 0 Å². The minimum Gasteiger partial charge on any atom is -0.476 e. The Morgan fingerprint density at radius 2 is 2.43 bits per heavy atom. The van der Waals surface area contributed by atoms with Crippen molar-refractivity contribution >= 4 is 11.5 Å². The minimum atomic E-state index is -0.775. The fourth-order valence-electron chi connectivity index (χ4n) is 0.779. The molecule has 0 fully saturated rings. The van der Waals surface area contributed by atoms with Gasteiger partial charge in [0.05, 0.1) is 12.0 Å². The quantitative estimate of drug-likeness (QED) is 0.237. The molecule has 0 radical (unpaired) electrons. The summed E-state index contributed by atoms with van der Waals surface area (Å²) in [5.41, 5.74) is 7.58. The van der Waals surface area contributed by atoms with Crippen LogP contribution in [0.25, 0.3) is 10.4 Å². The molecule has 0 aliphatic rings. The average Bonchev–Trinajstić information content (AvgIpc) is 2.17. The lowest BCUT2D eigenvalue weighted by atomic mass is 10.5. The SMILES string of the molecule is COc1ncnc(N=[N+]=[N-])c1[N+](=O)[O-]. The van der Waals surface area contributed by atoms with Gasteiger partial charge in [-0.1, -0.05) is 0 Å². The number of rotatable bonds is 3. The lowest BCUT2D eigenvalue weighted by molar-refractivity contribution is -0.385. The summed E-state index contributed by atoms with van der Waals surface area (Å²) in [6.45, 7) is 0. The summed E-state index contributed by atoms with van der Waals surface area (Å²) in [6.07, 6.45) is 1.01. The molecule has 1 aromatic heterocycles. The molecule has 0 bridgehead atoms. The number of ether oxygens (including phenoxy) is 1. The van der Waals surface area contributed by atoms with E-state index in [0.717, 1.165) is 6.33 Å². The average molecular weight is 196 g/mol. The highest BCUT2D eigenvalue weighted by atomic mass is 16.6. The van der Waals surface area contributed by atoms with Crippen LogP contribution in [-0.2, 0) is 0 Å². The molecule has 0 saturated carbocycles. The summed E-state index contributed by atoms with van der Waals surface area (Å²) >= 11 is 0. The third-order valence-electron chi connectivity index (χ3n) is 1.28. The Kier molecular flexibility index (Phi) is 2.77. The van der Waals surface area contributed by atoms with Crippen LogP contribution in [-0.4, -0.2) is 22.0 Å². The van der Waals surface area contributed by atoms with Crippen LogP contribution >= 0.6 is 0 Å². The van der Waals surface area contributed by atoms with Crippen LogP contribution in [0.1, 0.15) is 0 Å². The Balaban J connectivity index is 3.42. The van der Waals surface area contributed by atoms with E-state index in [1.54, 1.807) is 0 Å². The second-order valence-electron chi connectivity index (χ2n) is 2.00. The van der Waals surface area contributed by atoms with Crippen molar-refractivity contribution in [3.8, 4) is 5.88 Å². The predicted octanol–water partition coefficient (Wildman–Crippen LogP) is 1.34. The highest BCUT2D eigenvalue weighted by molar-refractivity contribution is 5.57. The van der Waals surface area contributed by atoms with Gasteiger partial charge in [-0.25, -0.2) is 4.98 Å². The highest BCUT2D eigenvalue weighted by Crippen LogP contribution is 2.32. The van der Waals surface area contributed by atoms with Gasteiger partial charge >= 0.3 is 5.69 Å². The molecule has 0 unspecified atom stereocenters. The van der Waals surface area contributed by atoms with E-state index in [9.17, 15) is 10.1 Å². The zero-order chi connectivity index (χ0) is 10.6. The van der Waals surface area contributed by atoms with E-state index in [1.165, 1.54) is 7.11 Å². The smallest absolute Gasteiger partial charge is 0.358 e. The third kappa shape index (κ3) is 1.67. The van der Waals surface area contributed by atoms with E-state index in [-0.39, 0.29) is 11.7 Å². The summed E-state index contributed by atoms with van der Waals surface area (Å²) in [7, 11) is 1.22. The van der Waals surface area contributed by atoms with Crippen LogP contribution in [0.4, 0.5) is 11.5 Å². The number of methoxy groups -OCH3 is 1. The molecule has 0 atom stereocenters. The van der Waals surface area contributed by atoms with Crippen LogP contribution < -0.4 is 4.74 Å². The molecule has 1 aromatic rings. The molecule has 0 aliphatic heterocycles.